The first kappa shape index (κ1) is 13.1. The lowest BCUT2D eigenvalue weighted by Crippen LogP contribution is -2.40. The van der Waals surface area contributed by atoms with Gasteiger partial charge in [-0.15, -0.1) is 11.3 Å². The topological polar surface area (TPSA) is 29.3 Å². The fourth-order valence-electron chi connectivity index (χ4n) is 3.77. The van der Waals surface area contributed by atoms with Gasteiger partial charge >= 0.3 is 0 Å². The molecule has 1 aromatic heterocycles. The van der Waals surface area contributed by atoms with E-state index in [-0.39, 0.29) is 0 Å². The SMILES string of the molecule is NCC(c1sccc1Br)N1CCC2CCCCC21. The van der Waals surface area contributed by atoms with Crippen molar-refractivity contribution in [1.82, 2.24) is 4.90 Å². The highest BCUT2D eigenvalue weighted by atomic mass is 79.9. The Morgan fingerprint density at radius 2 is 2.22 bits per heavy atom. The first-order valence-electron chi connectivity index (χ1n) is 7.00. The maximum atomic E-state index is 6.08. The zero-order chi connectivity index (χ0) is 12.5. The van der Waals surface area contributed by atoms with Gasteiger partial charge in [0, 0.05) is 21.9 Å². The van der Waals surface area contributed by atoms with E-state index in [0.717, 1.165) is 18.5 Å². The van der Waals surface area contributed by atoms with Crippen LogP contribution >= 0.6 is 27.3 Å². The van der Waals surface area contributed by atoms with Gasteiger partial charge in [0.2, 0.25) is 0 Å². The summed E-state index contributed by atoms with van der Waals surface area (Å²) in [5.41, 5.74) is 6.08. The van der Waals surface area contributed by atoms with Gasteiger partial charge in [-0.05, 0) is 59.1 Å². The van der Waals surface area contributed by atoms with Gasteiger partial charge in [-0.25, -0.2) is 0 Å². The molecule has 2 fully saturated rings. The summed E-state index contributed by atoms with van der Waals surface area (Å²) in [6.07, 6.45) is 7.03. The second-order valence-electron chi connectivity index (χ2n) is 5.52. The van der Waals surface area contributed by atoms with Gasteiger partial charge in [0.1, 0.15) is 0 Å². The molecule has 2 nitrogen and oxygen atoms in total. The Labute approximate surface area is 122 Å². The number of halogens is 1. The Balaban J connectivity index is 1.82. The molecule has 0 spiro atoms. The molecule has 3 atom stereocenters. The van der Waals surface area contributed by atoms with Crippen molar-refractivity contribution in [2.45, 2.75) is 44.2 Å². The molecule has 1 aromatic rings. The third kappa shape index (κ3) is 2.28. The molecule has 100 valence electrons. The normalized spacial score (nSPS) is 30.3. The van der Waals surface area contributed by atoms with Crippen LogP contribution in [0, 0.1) is 5.92 Å². The minimum absolute atomic E-state index is 0.424. The van der Waals surface area contributed by atoms with E-state index < -0.39 is 0 Å². The highest BCUT2D eigenvalue weighted by Gasteiger charge is 2.39. The molecule has 0 amide bonds. The molecular formula is C14H21BrN2S. The van der Waals surface area contributed by atoms with Gasteiger partial charge in [0.25, 0.3) is 0 Å². The van der Waals surface area contributed by atoms with Crippen molar-refractivity contribution in [3.8, 4) is 0 Å². The van der Waals surface area contributed by atoms with Gasteiger partial charge in [0.05, 0.1) is 6.04 Å². The summed E-state index contributed by atoms with van der Waals surface area (Å²) in [5.74, 6) is 0.937. The van der Waals surface area contributed by atoms with Crippen LogP contribution in [-0.2, 0) is 0 Å². The molecular weight excluding hydrogens is 308 g/mol. The number of hydrogen-bond donors (Lipinski definition) is 1. The standard InChI is InChI=1S/C14H21BrN2S/c15-11-6-8-18-14(11)13(9-16)17-7-5-10-3-1-2-4-12(10)17/h6,8,10,12-13H,1-5,7,9,16H2. The van der Waals surface area contributed by atoms with Crippen LogP contribution in [0.2, 0.25) is 0 Å². The summed E-state index contributed by atoms with van der Waals surface area (Å²) in [6, 6.07) is 3.37. The zero-order valence-corrected chi connectivity index (χ0v) is 13.0. The minimum Gasteiger partial charge on any atom is -0.329 e. The van der Waals surface area contributed by atoms with Crippen LogP contribution in [0.15, 0.2) is 15.9 Å². The predicted octanol–water partition coefficient (Wildman–Crippen LogP) is 3.77. The maximum absolute atomic E-state index is 6.08. The molecule has 1 saturated carbocycles. The van der Waals surface area contributed by atoms with E-state index in [1.807, 2.05) is 11.3 Å². The molecule has 2 N–H and O–H groups in total. The third-order valence-electron chi connectivity index (χ3n) is 4.62. The van der Waals surface area contributed by atoms with E-state index in [4.69, 9.17) is 5.73 Å². The molecule has 4 heteroatoms. The van der Waals surface area contributed by atoms with Crippen LogP contribution in [-0.4, -0.2) is 24.0 Å². The zero-order valence-electron chi connectivity index (χ0n) is 10.6. The van der Waals surface area contributed by atoms with E-state index in [1.165, 1.54) is 48.0 Å². The second kappa shape index (κ2) is 5.61. The molecule has 3 unspecified atom stereocenters. The van der Waals surface area contributed by atoms with Crippen molar-refractivity contribution in [3.63, 3.8) is 0 Å². The summed E-state index contributed by atoms with van der Waals surface area (Å²) >= 11 is 5.51. The lowest BCUT2D eigenvalue weighted by atomic mass is 9.85. The monoisotopic (exact) mass is 328 g/mol. The number of thiophene rings is 1. The molecule has 1 saturated heterocycles. The van der Waals surface area contributed by atoms with Crippen LogP contribution in [0.25, 0.3) is 0 Å². The average Bonchev–Trinajstić information content (AvgIpc) is 2.99. The summed E-state index contributed by atoms with van der Waals surface area (Å²) in [4.78, 5) is 4.11. The molecule has 0 radical (unpaired) electrons. The van der Waals surface area contributed by atoms with Gasteiger partial charge in [0.15, 0.2) is 0 Å². The summed E-state index contributed by atoms with van der Waals surface area (Å²) in [7, 11) is 0. The van der Waals surface area contributed by atoms with Gasteiger partial charge in [-0.2, -0.15) is 0 Å². The fraction of sp³-hybridized carbons (Fsp3) is 0.714. The van der Waals surface area contributed by atoms with Gasteiger partial charge in [-0.1, -0.05) is 12.8 Å². The summed E-state index contributed by atoms with van der Waals surface area (Å²) in [6.45, 7) is 1.98. The number of nitrogens with zero attached hydrogens (tertiary/aromatic N) is 1. The van der Waals surface area contributed by atoms with E-state index in [0.29, 0.717) is 6.04 Å². The largest absolute Gasteiger partial charge is 0.329 e. The van der Waals surface area contributed by atoms with Crippen molar-refractivity contribution >= 4 is 27.3 Å². The first-order valence-corrected chi connectivity index (χ1v) is 8.67. The first-order chi connectivity index (χ1) is 8.81. The Bertz CT molecular complexity index is 406. The number of rotatable bonds is 3. The Morgan fingerprint density at radius 3 is 2.94 bits per heavy atom. The van der Waals surface area contributed by atoms with Gasteiger partial charge in [-0.3, -0.25) is 4.90 Å². The van der Waals surface area contributed by atoms with Crippen molar-refractivity contribution in [1.29, 1.82) is 0 Å². The molecule has 2 heterocycles. The molecule has 0 aromatic carbocycles. The van der Waals surface area contributed by atoms with Crippen LogP contribution in [0.4, 0.5) is 0 Å². The Kier molecular flexibility index (Phi) is 4.09. The van der Waals surface area contributed by atoms with Crippen molar-refractivity contribution < 1.29 is 0 Å². The average molecular weight is 329 g/mol. The van der Waals surface area contributed by atoms with Crippen LogP contribution in [0.3, 0.4) is 0 Å². The number of nitrogens with two attached hydrogens (primary N) is 1. The second-order valence-corrected chi connectivity index (χ2v) is 7.32. The van der Waals surface area contributed by atoms with E-state index in [2.05, 4.69) is 32.3 Å². The molecule has 18 heavy (non-hydrogen) atoms. The molecule has 0 bridgehead atoms. The van der Waals surface area contributed by atoms with Crippen molar-refractivity contribution in [3.05, 3.63) is 20.8 Å². The summed E-state index contributed by atoms with van der Waals surface area (Å²) in [5, 5.41) is 2.16. The molecule has 3 rings (SSSR count). The van der Waals surface area contributed by atoms with Crippen molar-refractivity contribution in [2.75, 3.05) is 13.1 Å². The highest BCUT2D eigenvalue weighted by Crippen LogP contribution is 2.42. The molecule has 2 aliphatic rings. The molecule has 1 aliphatic carbocycles. The van der Waals surface area contributed by atoms with Gasteiger partial charge < -0.3 is 5.73 Å². The number of hydrogen-bond acceptors (Lipinski definition) is 3. The number of likely N-dealkylation sites (tertiary alicyclic amines) is 1. The Morgan fingerprint density at radius 1 is 1.39 bits per heavy atom. The fourth-order valence-corrected chi connectivity index (χ4v) is 5.54. The minimum atomic E-state index is 0.424. The maximum Gasteiger partial charge on any atom is 0.0578 e. The molecule has 1 aliphatic heterocycles. The van der Waals surface area contributed by atoms with E-state index >= 15 is 0 Å². The van der Waals surface area contributed by atoms with E-state index in [1.54, 1.807) is 0 Å². The summed E-state index contributed by atoms with van der Waals surface area (Å²) < 4.78 is 1.24. The smallest absolute Gasteiger partial charge is 0.0578 e. The quantitative estimate of drug-likeness (QED) is 0.914. The van der Waals surface area contributed by atoms with Crippen LogP contribution in [0.5, 0.6) is 0 Å². The number of fused-ring (bicyclic) bond motifs is 1. The highest BCUT2D eigenvalue weighted by molar-refractivity contribution is 9.10. The van der Waals surface area contributed by atoms with Crippen molar-refractivity contribution in [2.24, 2.45) is 11.7 Å². The lowest BCUT2D eigenvalue weighted by Gasteiger charge is -2.36. The lowest BCUT2D eigenvalue weighted by molar-refractivity contribution is 0.137. The van der Waals surface area contributed by atoms with Crippen LogP contribution in [0.1, 0.15) is 43.0 Å². The van der Waals surface area contributed by atoms with Crippen LogP contribution < -0.4 is 5.73 Å². The van der Waals surface area contributed by atoms with E-state index in [9.17, 15) is 0 Å². The predicted molar refractivity (Wildman–Crippen MR) is 80.9 cm³/mol. The third-order valence-corrected chi connectivity index (χ3v) is 6.60. The Hall–Kier alpha value is 0.1000.